The molecule has 3 N–H and O–H groups in total. The molecule has 2 saturated carbocycles. The van der Waals surface area contributed by atoms with Gasteiger partial charge in [-0.3, -0.25) is 14.7 Å². The molecule has 0 radical (unpaired) electrons. The van der Waals surface area contributed by atoms with Crippen molar-refractivity contribution in [3.63, 3.8) is 0 Å². The summed E-state index contributed by atoms with van der Waals surface area (Å²) in [6.07, 6.45) is 4.13. The molecule has 0 saturated heterocycles. The van der Waals surface area contributed by atoms with Crippen LogP contribution in [0.2, 0.25) is 0 Å². The van der Waals surface area contributed by atoms with Crippen LogP contribution in [0.25, 0.3) is 0 Å². The molecule has 1 heterocycles. The molecule has 0 aromatic carbocycles. The van der Waals surface area contributed by atoms with Crippen LogP contribution in [0, 0.1) is 11.8 Å². The van der Waals surface area contributed by atoms with E-state index in [9.17, 15) is 9.59 Å². The van der Waals surface area contributed by atoms with Crippen LogP contribution in [-0.4, -0.2) is 27.2 Å². The molecule has 2 aliphatic carbocycles. The van der Waals surface area contributed by atoms with Gasteiger partial charge in [0.2, 0.25) is 5.91 Å². The highest BCUT2D eigenvalue weighted by molar-refractivity contribution is 5.80. The van der Waals surface area contributed by atoms with Crippen molar-refractivity contribution < 1.29 is 14.7 Å². The number of carbonyl (C=O) groups is 2. The molecule has 3 rings (SSSR count). The minimum Gasteiger partial charge on any atom is -0.481 e. The predicted octanol–water partition coefficient (Wildman–Crippen LogP) is 1.40. The van der Waals surface area contributed by atoms with Gasteiger partial charge in [-0.25, -0.2) is 0 Å². The molecule has 2 aliphatic rings. The zero-order valence-electron chi connectivity index (χ0n) is 11.3. The van der Waals surface area contributed by atoms with Crippen LogP contribution in [0.15, 0.2) is 6.07 Å². The Kier molecular flexibility index (Phi) is 3.46. The highest BCUT2D eigenvalue weighted by atomic mass is 16.4. The normalized spacial score (nSPS) is 25.6. The van der Waals surface area contributed by atoms with E-state index < -0.39 is 5.97 Å². The highest BCUT2D eigenvalue weighted by Crippen LogP contribution is 2.39. The number of aliphatic carboxylic acids is 1. The molecule has 1 aromatic heterocycles. The van der Waals surface area contributed by atoms with Gasteiger partial charge in [-0.05, 0) is 38.2 Å². The molecular formula is C14H19N3O3. The fraction of sp³-hybridized carbons (Fsp3) is 0.643. The molecule has 0 spiro atoms. The van der Waals surface area contributed by atoms with Gasteiger partial charge >= 0.3 is 5.97 Å². The van der Waals surface area contributed by atoms with Crippen LogP contribution >= 0.6 is 0 Å². The molecule has 1 amide bonds. The summed E-state index contributed by atoms with van der Waals surface area (Å²) < 4.78 is 0. The van der Waals surface area contributed by atoms with Gasteiger partial charge in [0.1, 0.15) is 0 Å². The smallest absolute Gasteiger partial charge is 0.306 e. The molecular weight excluding hydrogens is 258 g/mol. The summed E-state index contributed by atoms with van der Waals surface area (Å²) in [7, 11) is 0. The van der Waals surface area contributed by atoms with E-state index in [2.05, 4.69) is 15.5 Å². The fourth-order valence-electron chi connectivity index (χ4n) is 2.83. The van der Waals surface area contributed by atoms with Gasteiger partial charge in [0.15, 0.2) is 0 Å². The number of H-pyrrole nitrogens is 1. The quantitative estimate of drug-likeness (QED) is 0.758. The van der Waals surface area contributed by atoms with Crippen molar-refractivity contribution in [1.82, 2.24) is 15.5 Å². The van der Waals surface area contributed by atoms with E-state index >= 15 is 0 Å². The Morgan fingerprint density at radius 1 is 1.30 bits per heavy atom. The van der Waals surface area contributed by atoms with Gasteiger partial charge in [0, 0.05) is 11.8 Å². The van der Waals surface area contributed by atoms with E-state index in [1.807, 2.05) is 6.07 Å². The van der Waals surface area contributed by atoms with Crippen LogP contribution in [0.5, 0.6) is 0 Å². The number of carboxylic acids is 1. The molecule has 0 bridgehead atoms. The number of nitrogens with zero attached hydrogens (tertiary/aromatic N) is 1. The molecule has 20 heavy (non-hydrogen) atoms. The Bertz CT molecular complexity index is 521. The van der Waals surface area contributed by atoms with E-state index in [1.54, 1.807) is 0 Å². The van der Waals surface area contributed by atoms with Crippen molar-refractivity contribution >= 4 is 11.9 Å². The van der Waals surface area contributed by atoms with Gasteiger partial charge in [0.25, 0.3) is 0 Å². The van der Waals surface area contributed by atoms with Gasteiger partial charge < -0.3 is 10.4 Å². The molecule has 0 aliphatic heterocycles. The SMILES string of the molecule is O=C(O)[C@@H]1CC[C@H](C(=O)NCc2cc(C3CC3)n[nH]2)C1. The molecule has 6 heteroatoms. The molecule has 1 aromatic rings. The maximum atomic E-state index is 12.0. The van der Waals surface area contributed by atoms with Gasteiger partial charge in [-0.15, -0.1) is 0 Å². The third kappa shape index (κ3) is 2.84. The number of amides is 1. The zero-order valence-corrected chi connectivity index (χ0v) is 11.3. The Labute approximate surface area is 116 Å². The van der Waals surface area contributed by atoms with E-state index in [0.717, 1.165) is 11.4 Å². The number of hydrogen-bond donors (Lipinski definition) is 3. The lowest BCUT2D eigenvalue weighted by molar-refractivity contribution is -0.141. The molecule has 108 valence electrons. The van der Waals surface area contributed by atoms with Crippen LogP contribution in [-0.2, 0) is 16.1 Å². The molecule has 2 atom stereocenters. The van der Waals surface area contributed by atoms with Gasteiger partial charge in [-0.1, -0.05) is 0 Å². The van der Waals surface area contributed by atoms with E-state index in [1.165, 1.54) is 12.8 Å². The van der Waals surface area contributed by atoms with E-state index in [4.69, 9.17) is 5.11 Å². The third-order valence-electron chi connectivity index (χ3n) is 4.25. The van der Waals surface area contributed by atoms with Gasteiger partial charge in [0.05, 0.1) is 23.9 Å². The summed E-state index contributed by atoms with van der Waals surface area (Å²) in [5.41, 5.74) is 1.99. The summed E-state index contributed by atoms with van der Waals surface area (Å²) >= 11 is 0. The van der Waals surface area contributed by atoms with Crippen molar-refractivity contribution in [1.29, 1.82) is 0 Å². The number of hydrogen-bond acceptors (Lipinski definition) is 3. The summed E-state index contributed by atoms with van der Waals surface area (Å²) in [6.45, 7) is 0.437. The Balaban J connectivity index is 1.48. The monoisotopic (exact) mass is 277 g/mol. The van der Waals surface area contributed by atoms with Crippen molar-refractivity contribution in [2.24, 2.45) is 11.8 Å². The first-order valence-corrected chi connectivity index (χ1v) is 7.18. The lowest BCUT2D eigenvalue weighted by Gasteiger charge is -2.09. The largest absolute Gasteiger partial charge is 0.481 e. The number of aromatic nitrogens is 2. The average molecular weight is 277 g/mol. The Morgan fingerprint density at radius 3 is 2.70 bits per heavy atom. The van der Waals surface area contributed by atoms with E-state index in [-0.39, 0.29) is 17.7 Å². The number of nitrogens with one attached hydrogen (secondary N) is 2. The summed E-state index contributed by atoms with van der Waals surface area (Å²) in [5.74, 6) is -0.762. The highest BCUT2D eigenvalue weighted by Gasteiger charge is 2.33. The number of carbonyl (C=O) groups excluding carboxylic acids is 1. The zero-order chi connectivity index (χ0) is 14.1. The summed E-state index contributed by atoms with van der Waals surface area (Å²) in [5, 5.41) is 19.0. The standard InChI is InChI=1S/C14H19N3O3/c18-13(9-3-4-10(5-9)14(19)20)15-7-11-6-12(17-16-11)8-1-2-8/h6,8-10H,1-5,7H2,(H,15,18)(H,16,17)(H,19,20)/t9-,10+/m0/s1. The third-order valence-corrected chi connectivity index (χ3v) is 4.25. The first-order valence-electron chi connectivity index (χ1n) is 7.18. The van der Waals surface area contributed by atoms with Gasteiger partial charge in [-0.2, -0.15) is 5.10 Å². The first kappa shape index (κ1) is 13.1. The number of rotatable bonds is 5. The van der Waals surface area contributed by atoms with Crippen molar-refractivity contribution in [2.75, 3.05) is 0 Å². The minimum atomic E-state index is -0.789. The summed E-state index contributed by atoms with van der Waals surface area (Å²) in [6, 6.07) is 2.01. The Morgan fingerprint density at radius 2 is 2.05 bits per heavy atom. The Hall–Kier alpha value is -1.85. The van der Waals surface area contributed by atoms with Crippen molar-refractivity contribution in [2.45, 2.75) is 44.6 Å². The second kappa shape index (κ2) is 5.26. The summed E-state index contributed by atoms with van der Waals surface area (Å²) in [4.78, 5) is 22.9. The number of aromatic amines is 1. The molecule has 0 unspecified atom stereocenters. The second-order valence-electron chi connectivity index (χ2n) is 5.86. The average Bonchev–Trinajstić information content (AvgIpc) is 2.98. The maximum absolute atomic E-state index is 12.0. The lowest BCUT2D eigenvalue weighted by Crippen LogP contribution is -2.29. The predicted molar refractivity (Wildman–Crippen MR) is 70.9 cm³/mol. The molecule has 6 nitrogen and oxygen atoms in total. The first-order chi connectivity index (χ1) is 9.63. The topological polar surface area (TPSA) is 95.1 Å². The molecule has 2 fully saturated rings. The van der Waals surface area contributed by atoms with Crippen molar-refractivity contribution in [3.8, 4) is 0 Å². The van der Waals surface area contributed by atoms with Crippen LogP contribution in [0.1, 0.15) is 49.4 Å². The fourth-order valence-corrected chi connectivity index (χ4v) is 2.83. The van der Waals surface area contributed by atoms with E-state index in [0.29, 0.717) is 31.7 Å². The maximum Gasteiger partial charge on any atom is 0.306 e. The van der Waals surface area contributed by atoms with Crippen LogP contribution in [0.4, 0.5) is 0 Å². The second-order valence-corrected chi connectivity index (χ2v) is 5.86. The number of carboxylic acid groups (broad SMARTS) is 1. The van der Waals surface area contributed by atoms with Crippen LogP contribution in [0.3, 0.4) is 0 Å². The van der Waals surface area contributed by atoms with Crippen molar-refractivity contribution in [3.05, 3.63) is 17.5 Å². The lowest BCUT2D eigenvalue weighted by atomic mass is 10.0. The minimum absolute atomic E-state index is 0.0451. The van der Waals surface area contributed by atoms with Crippen LogP contribution < -0.4 is 5.32 Å².